The van der Waals surface area contributed by atoms with Crippen LogP contribution in [0.1, 0.15) is 6.92 Å². The Morgan fingerprint density at radius 1 is 1.33 bits per heavy atom. The minimum atomic E-state index is 0.918. The number of allylic oxidation sites excluding steroid dienone is 2. The van der Waals surface area contributed by atoms with Gasteiger partial charge in [0, 0.05) is 25.5 Å². The van der Waals surface area contributed by atoms with E-state index in [1.165, 1.54) is 0 Å². The lowest BCUT2D eigenvalue weighted by Gasteiger charge is -2.00. The zero-order valence-electron chi connectivity index (χ0n) is 6.28. The molecular weight excluding hydrogens is 112 g/mol. The summed E-state index contributed by atoms with van der Waals surface area (Å²) in [6.07, 6.45) is 1.94. The molecule has 0 spiro atoms. The van der Waals surface area contributed by atoms with Gasteiger partial charge in [-0.1, -0.05) is 6.58 Å². The molecule has 0 aliphatic carbocycles. The Bertz CT molecular complexity index is 125. The molecule has 0 radical (unpaired) electrons. The average molecular weight is 126 g/mol. The topological polar surface area (TPSA) is 24.1 Å². The van der Waals surface area contributed by atoms with Crippen molar-refractivity contribution in [2.45, 2.75) is 6.92 Å². The number of likely N-dealkylation sites (N-methyl/N-ethyl adjacent to an activating group) is 1. The summed E-state index contributed by atoms with van der Waals surface area (Å²) in [6.45, 7) is 5.72. The molecule has 0 aromatic carbocycles. The average Bonchev–Trinajstić information content (AvgIpc) is 1.87. The molecule has 0 atom stereocenters. The van der Waals surface area contributed by atoms with E-state index in [-0.39, 0.29) is 0 Å². The first-order chi connectivity index (χ1) is 4.20. The lowest BCUT2D eigenvalue weighted by Crippen LogP contribution is -2.06. The summed E-state index contributed by atoms with van der Waals surface area (Å²) in [5, 5.41) is 5.91. The van der Waals surface area contributed by atoms with Gasteiger partial charge in [0.1, 0.15) is 0 Å². The van der Waals surface area contributed by atoms with Crippen LogP contribution in [-0.2, 0) is 0 Å². The molecule has 2 nitrogen and oxygen atoms in total. The first-order valence-corrected chi connectivity index (χ1v) is 2.93. The van der Waals surface area contributed by atoms with Crippen molar-refractivity contribution in [1.29, 1.82) is 0 Å². The molecular formula is C7H14N2. The minimum Gasteiger partial charge on any atom is -0.392 e. The molecule has 0 amide bonds. The van der Waals surface area contributed by atoms with Crippen LogP contribution in [0.15, 0.2) is 24.0 Å². The first-order valence-electron chi connectivity index (χ1n) is 2.93. The Morgan fingerprint density at radius 3 is 2.22 bits per heavy atom. The lowest BCUT2D eigenvalue weighted by atomic mass is 10.4. The highest BCUT2D eigenvalue weighted by Gasteiger charge is 1.82. The molecule has 9 heavy (non-hydrogen) atoms. The van der Waals surface area contributed by atoms with E-state index in [0.717, 1.165) is 11.4 Å². The molecule has 52 valence electrons. The predicted octanol–water partition coefficient (Wildman–Crippen LogP) is 0.843. The molecule has 0 unspecified atom stereocenters. The van der Waals surface area contributed by atoms with E-state index in [2.05, 4.69) is 17.2 Å². The summed E-state index contributed by atoms with van der Waals surface area (Å²) >= 11 is 0. The van der Waals surface area contributed by atoms with Gasteiger partial charge in [0.15, 0.2) is 0 Å². The van der Waals surface area contributed by atoms with Crippen molar-refractivity contribution in [3.8, 4) is 0 Å². The zero-order chi connectivity index (χ0) is 7.28. The predicted molar refractivity (Wildman–Crippen MR) is 41.0 cm³/mol. The quantitative estimate of drug-likeness (QED) is 0.548. The fraction of sp³-hybridized carbons (Fsp3) is 0.429. The molecule has 0 aliphatic rings. The standard InChI is InChI=1S/C7H14N2/c1-6(8-3)5-7(2)9-4/h5,8-9H,1H2,2-4H3/b7-5-. The van der Waals surface area contributed by atoms with Crippen LogP contribution >= 0.6 is 0 Å². The molecule has 0 saturated carbocycles. The second kappa shape index (κ2) is 4.01. The maximum Gasteiger partial charge on any atom is 0.0281 e. The third kappa shape index (κ3) is 3.64. The smallest absolute Gasteiger partial charge is 0.0281 e. The van der Waals surface area contributed by atoms with Gasteiger partial charge < -0.3 is 10.6 Å². The van der Waals surface area contributed by atoms with Crippen molar-refractivity contribution in [1.82, 2.24) is 10.6 Å². The van der Waals surface area contributed by atoms with Crippen molar-refractivity contribution >= 4 is 0 Å². The Morgan fingerprint density at radius 2 is 1.89 bits per heavy atom. The SMILES string of the molecule is C=C(/C=C(/C)NC)NC. The van der Waals surface area contributed by atoms with Crippen LogP contribution in [0.5, 0.6) is 0 Å². The molecule has 0 saturated heterocycles. The summed E-state index contributed by atoms with van der Waals surface area (Å²) in [6, 6.07) is 0. The highest BCUT2D eigenvalue weighted by Crippen LogP contribution is 1.90. The van der Waals surface area contributed by atoms with Crippen LogP contribution in [0.4, 0.5) is 0 Å². The highest BCUT2D eigenvalue weighted by atomic mass is 14.8. The van der Waals surface area contributed by atoms with Crippen molar-refractivity contribution in [3.63, 3.8) is 0 Å². The molecule has 0 aromatic heterocycles. The third-order valence-corrected chi connectivity index (χ3v) is 1.11. The van der Waals surface area contributed by atoms with Gasteiger partial charge >= 0.3 is 0 Å². The first kappa shape index (κ1) is 8.08. The second-order valence-electron chi connectivity index (χ2n) is 1.85. The van der Waals surface area contributed by atoms with Crippen LogP contribution in [0.2, 0.25) is 0 Å². The van der Waals surface area contributed by atoms with E-state index >= 15 is 0 Å². The van der Waals surface area contributed by atoms with Crippen LogP contribution < -0.4 is 10.6 Å². The van der Waals surface area contributed by atoms with E-state index < -0.39 is 0 Å². The third-order valence-electron chi connectivity index (χ3n) is 1.11. The Labute approximate surface area is 56.6 Å². The van der Waals surface area contributed by atoms with Crippen LogP contribution in [0, 0.1) is 0 Å². The maximum absolute atomic E-state index is 3.73. The van der Waals surface area contributed by atoms with Crippen molar-refractivity contribution in [2.75, 3.05) is 14.1 Å². The van der Waals surface area contributed by atoms with Crippen molar-refractivity contribution < 1.29 is 0 Å². The second-order valence-corrected chi connectivity index (χ2v) is 1.85. The molecule has 2 heteroatoms. The van der Waals surface area contributed by atoms with Crippen LogP contribution in [0.3, 0.4) is 0 Å². The molecule has 0 heterocycles. The molecule has 0 fully saturated rings. The maximum atomic E-state index is 3.73. The summed E-state index contributed by atoms with van der Waals surface area (Å²) in [7, 11) is 3.73. The zero-order valence-corrected chi connectivity index (χ0v) is 6.28. The Hall–Kier alpha value is -0.920. The fourth-order valence-corrected chi connectivity index (χ4v) is 0.406. The largest absolute Gasteiger partial charge is 0.392 e. The van der Waals surface area contributed by atoms with Gasteiger partial charge in [-0.2, -0.15) is 0 Å². The van der Waals surface area contributed by atoms with Gasteiger partial charge in [-0.05, 0) is 13.0 Å². The summed E-state index contributed by atoms with van der Waals surface area (Å²) in [5.41, 5.74) is 2.02. The lowest BCUT2D eigenvalue weighted by molar-refractivity contribution is 0.962. The number of nitrogens with one attached hydrogen (secondary N) is 2. The Kier molecular flexibility index (Phi) is 3.60. The number of hydrogen-bond acceptors (Lipinski definition) is 2. The van der Waals surface area contributed by atoms with E-state index in [0.29, 0.717) is 0 Å². The molecule has 0 bridgehead atoms. The van der Waals surface area contributed by atoms with E-state index in [1.807, 2.05) is 27.1 Å². The van der Waals surface area contributed by atoms with E-state index in [9.17, 15) is 0 Å². The molecule has 2 N–H and O–H groups in total. The van der Waals surface area contributed by atoms with Crippen LogP contribution in [0.25, 0.3) is 0 Å². The van der Waals surface area contributed by atoms with E-state index in [1.54, 1.807) is 0 Å². The summed E-state index contributed by atoms with van der Waals surface area (Å²) in [5.74, 6) is 0. The van der Waals surface area contributed by atoms with Gasteiger partial charge in [0.05, 0.1) is 0 Å². The molecule has 0 aliphatic heterocycles. The van der Waals surface area contributed by atoms with Gasteiger partial charge in [-0.25, -0.2) is 0 Å². The summed E-state index contributed by atoms with van der Waals surface area (Å²) < 4.78 is 0. The van der Waals surface area contributed by atoms with Gasteiger partial charge in [0.2, 0.25) is 0 Å². The van der Waals surface area contributed by atoms with Gasteiger partial charge in [-0.3, -0.25) is 0 Å². The monoisotopic (exact) mass is 126 g/mol. The van der Waals surface area contributed by atoms with Gasteiger partial charge in [0.25, 0.3) is 0 Å². The van der Waals surface area contributed by atoms with Gasteiger partial charge in [-0.15, -0.1) is 0 Å². The molecule has 0 rings (SSSR count). The minimum absolute atomic E-state index is 0.918. The van der Waals surface area contributed by atoms with Crippen LogP contribution in [-0.4, -0.2) is 14.1 Å². The van der Waals surface area contributed by atoms with Crippen molar-refractivity contribution in [3.05, 3.63) is 24.0 Å². The highest BCUT2D eigenvalue weighted by molar-refractivity contribution is 5.15. The fourth-order valence-electron chi connectivity index (χ4n) is 0.406. The molecule has 0 aromatic rings. The normalized spacial score (nSPS) is 10.8. The van der Waals surface area contributed by atoms with Crippen molar-refractivity contribution in [2.24, 2.45) is 0 Å². The number of rotatable bonds is 3. The van der Waals surface area contributed by atoms with E-state index in [4.69, 9.17) is 0 Å². The summed E-state index contributed by atoms with van der Waals surface area (Å²) in [4.78, 5) is 0. The number of hydrogen-bond donors (Lipinski definition) is 2. The Balaban J connectivity index is 3.79.